The van der Waals surface area contributed by atoms with Crippen molar-refractivity contribution < 1.29 is 4.74 Å². The number of nitrogens with two attached hydrogens (primary N) is 1. The summed E-state index contributed by atoms with van der Waals surface area (Å²) in [5.41, 5.74) is 7.72. The predicted molar refractivity (Wildman–Crippen MR) is 68.6 cm³/mol. The van der Waals surface area contributed by atoms with Crippen molar-refractivity contribution in [2.75, 3.05) is 19.9 Å². The predicted octanol–water partition coefficient (Wildman–Crippen LogP) is 2.51. The molecule has 1 atom stereocenters. The fraction of sp³-hybridized carbons (Fsp3) is 0.538. The highest BCUT2D eigenvalue weighted by atomic mass is 16.5. The Morgan fingerprint density at radius 2 is 2.12 bits per heavy atom. The first-order valence-corrected chi connectivity index (χ1v) is 5.71. The van der Waals surface area contributed by atoms with Crippen LogP contribution in [-0.2, 0) is 6.54 Å². The molecule has 0 aliphatic carbocycles. The minimum atomic E-state index is 0.561. The SMILES string of the molecule is CCC(C)N(C)Cc1cc(N)ccc1OC. The fourth-order valence-electron chi connectivity index (χ4n) is 1.66. The molecule has 1 unspecified atom stereocenters. The van der Waals surface area contributed by atoms with Gasteiger partial charge >= 0.3 is 0 Å². The molecule has 0 aliphatic rings. The first-order chi connectivity index (χ1) is 7.58. The van der Waals surface area contributed by atoms with E-state index in [0.29, 0.717) is 6.04 Å². The molecule has 16 heavy (non-hydrogen) atoms. The molecule has 3 nitrogen and oxygen atoms in total. The zero-order chi connectivity index (χ0) is 12.1. The summed E-state index contributed by atoms with van der Waals surface area (Å²) in [7, 11) is 3.81. The molecular formula is C13H22N2O. The number of methoxy groups -OCH3 is 1. The lowest BCUT2D eigenvalue weighted by Crippen LogP contribution is -2.28. The van der Waals surface area contributed by atoms with Crippen molar-refractivity contribution in [1.29, 1.82) is 0 Å². The van der Waals surface area contributed by atoms with Gasteiger partial charge in [0.1, 0.15) is 5.75 Å². The molecule has 90 valence electrons. The molecule has 0 saturated heterocycles. The van der Waals surface area contributed by atoms with Gasteiger partial charge in [0.15, 0.2) is 0 Å². The lowest BCUT2D eigenvalue weighted by molar-refractivity contribution is 0.240. The molecule has 1 rings (SSSR count). The molecule has 0 bridgehead atoms. The van der Waals surface area contributed by atoms with Gasteiger partial charge in [-0.1, -0.05) is 6.92 Å². The van der Waals surface area contributed by atoms with Crippen LogP contribution in [0, 0.1) is 0 Å². The number of hydrogen-bond donors (Lipinski definition) is 1. The number of anilines is 1. The Hall–Kier alpha value is -1.22. The highest BCUT2D eigenvalue weighted by molar-refractivity contribution is 5.47. The summed E-state index contributed by atoms with van der Waals surface area (Å²) in [5, 5.41) is 0. The summed E-state index contributed by atoms with van der Waals surface area (Å²) in [6, 6.07) is 6.34. The Morgan fingerprint density at radius 3 is 2.69 bits per heavy atom. The summed E-state index contributed by atoms with van der Waals surface area (Å²) in [4.78, 5) is 2.30. The molecule has 0 spiro atoms. The lowest BCUT2D eigenvalue weighted by Gasteiger charge is -2.24. The Labute approximate surface area is 98.2 Å². The number of benzene rings is 1. The normalized spacial score (nSPS) is 12.8. The van der Waals surface area contributed by atoms with E-state index in [1.165, 1.54) is 0 Å². The number of rotatable bonds is 5. The molecule has 0 fully saturated rings. The van der Waals surface area contributed by atoms with Gasteiger partial charge in [0, 0.05) is 23.8 Å². The Bertz CT molecular complexity index is 339. The third kappa shape index (κ3) is 3.14. The molecule has 3 heteroatoms. The highest BCUT2D eigenvalue weighted by Gasteiger charge is 2.10. The monoisotopic (exact) mass is 222 g/mol. The van der Waals surface area contributed by atoms with Gasteiger partial charge in [-0.15, -0.1) is 0 Å². The number of nitrogens with zero attached hydrogens (tertiary/aromatic N) is 1. The molecule has 0 heterocycles. The van der Waals surface area contributed by atoms with Crippen LogP contribution in [0.5, 0.6) is 5.75 Å². The Kier molecular flexibility index (Phi) is 4.62. The maximum Gasteiger partial charge on any atom is 0.123 e. The summed E-state index contributed by atoms with van der Waals surface area (Å²) in [6.45, 7) is 5.28. The van der Waals surface area contributed by atoms with Crippen molar-refractivity contribution in [2.45, 2.75) is 32.9 Å². The van der Waals surface area contributed by atoms with Crippen LogP contribution in [0.2, 0.25) is 0 Å². The van der Waals surface area contributed by atoms with Crippen LogP contribution < -0.4 is 10.5 Å². The van der Waals surface area contributed by atoms with E-state index in [0.717, 1.165) is 30.0 Å². The molecule has 1 aromatic carbocycles. The largest absolute Gasteiger partial charge is 0.496 e. The molecule has 2 N–H and O–H groups in total. The molecule has 1 aromatic rings. The van der Waals surface area contributed by atoms with Crippen LogP contribution in [0.15, 0.2) is 18.2 Å². The smallest absolute Gasteiger partial charge is 0.123 e. The van der Waals surface area contributed by atoms with Crippen molar-refractivity contribution in [3.63, 3.8) is 0 Å². The van der Waals surface area contributed by atoms with Gasteiger partial charge in [0.05, 0.1) is 7.11 Å². The van der Waals surface area contributed by atoms with Crippen LogP contribution >= 0.6 is 0 Å². The van der Waals surface area contributed by atoms with E-state index in [1.54, 1.807) is 7.11 Å². The van der Waals surface area contributed by atoms with Gasteiger partial charge in [-0.25, -0.2) is 0 Å². The first-order valence-electron chi connectivity index (χ1n) is 5.71. The van der Waals surface area contributed by atoms with E-state index in [2.05, 4.69) is 25.8 Å². The van der Waals surface area contributed by atoms with Crippen molar-refractivity contribution in [1.82, 2.24) is 4.90 Å². The first kappa shape index (κ1) is 12.8. The van der Waals surface area contributed by atoms with Crippen LogP contribution in [0.25, 0.3) is 0 Å². The van der Waals surface area contributed by atoms with E-state index in [-0.39, 0.29) is 0 Å². The summed E-state index contributed by atoms with van der Waals surface area (Å²) >= 11 is 0. The van der Waals surface area contributed by atoms with E-state index in [9.17, 15) is 0 Å². The molecule has 0 aliphatic heterocycles. The maximum absolute atomic E-state index is 5.79. The quantitative estimate of drug-likeness (QED) is 0.778. The fourth-order valence-corrected chi connectivity index (χ4v) is 1.66. The summed E-state index contributed by atoms with van der Waals surface area (Å²) in [5.74, 6) is 0.907. The summed E-state index contributed by atoms with van der Waals surface area (Å²) < 4.78 is 5.33. The van der Waals surface area contributed by atoms with Gasteiger partial charge in [0.2, 0.25) is 0 Å². The third-order valence-electron chi connectivity index (χ3n) is 3.07. The van der Waals surface area contributed by atoms with Crippen LogP contribution in [0.3, 0.4) is 0 Å². The zero-order valence-corrected chi connectivity index (χ0v) is 10.7. The molecule has 0 amide bonds. The standard InChI is InChI=1S/C13H22N2O/c1-5-10(2)15(3)9-11-8-12(14)6-7-13(11)16-4/h6-8,10H,5,9,14H2,1-4H3. The second kappa shape index (κ2) is 5.75. The molecule has 0 radical (unpaired) electrons. The van der Waals surface area contributed by atoms with E-state index < -0.39 is 0 Å². The minimum Gasteiger partial charge on any atom is -0.496 e. The van der Waals surface area contributed by atoms with E-state index in [4.69, 9.17) is 10.5 Å². The van der Waals surface area contributed by atoms with Crippen molar-refractivity contribution in [3.8, 4) is 5.75 Å². The maximum atomic E-state index is 5.79. The summed E-state index contributed by atoms with van der Waals surface area (Å²) in [6.07, 6.45) is 1.14. The lowest BCUT2D eigenvalue weighted by atomic mass is 10.1. The van der Waals surface area contributed by atoms with Gasteiger partial charge < -0.3 is 10.5 Å². The van der Waals surface area contributed by atoms with Crippen molar-refractivity contribution in [2.24, 2.45) is 0 Å². The second-order valence-electron chi connectivity index (χ2n) is 4.24. The average molecular weight is 222 g/mol. The minimum absolute atomic E-state index is 0.561. The number of ether oxygens (including phenoxy) is 1. The number of hydrogen-bond acceptors (Lipinski definition) is 3. The van der Waals surface area contributed by atoms with Crippen LogP contribution in [0.1, 0.15) is 25.8 Å². The van der Waals surface area contributed by atoms with Crippen LogP contribution in [0.4, 0.5) is 5.69 Å². The Balaban J connectivity index is 2.82. The van der Waals surface area contributed by atoms with Gasteiger partial charge in [0.25, 0.3) is 0 Å². The van der Waals surface area contributed by atoms with Gasteiger partial charge in [-0.2, -0.15) is 0 Å². The second-order valence-corrected chi connectivity index (χ2v) is 4.24. The third-order valence-corrected chi connectivity index (χ3v) is 3.07. The molecule has 0 saturated carbocycles. The van der Waals surface area contributed by atoms with Crippen molar-refractivity contribution >= 4 is 5.69 Å². The average Bonchev–Trinajstić information content (AvgIpc) is 2.28. The van der Waals surface area contributed by atoms with Crippen molar-refractivity contribution in [3.05, 3.63) is 23.8 Å². The molecular weight excluding hydrogens is 200 g/mol. The molecule has 0 aromatic heterocycles. The zero-order valence-electron chi connectivity index (χ0n) is 10.7. The van der Waals surface area contributed by atoms with E-state index in [1.807, 2.05) is 18.2 Å². The highest BCUT2D eigenvalue weighted by Crippen LogP contribution is 2.23. The van der Waals surface area contributed by atoms with E-state index >= 15 is 0 Å². The van der Waals surface area contributed by atoms with Gasteiger partial charge in [-0.3, -0.25) is 4.90 Å². The Morgan fingerprint density at radius 1 is 1.44 bits per heavy atom. The number of nitrogen functional groups attached to an aromatic ring is 1. The van der Waals surface area contributed by atoms with Gasteiger partial charge in [-0.05, 0) is 38.6 Å². The van der Waals surface area contributed by atoms with Crippen LogP contribution in [-0.4, -0.2) is 25.1 Å². The topological polar surface area (TPSA) is 38.5 Å².